The number of hydrogen-bond acceptors (Lipinski definition) is 5. The number of carbonyl (C=O) groups excluding carboxylic acids is 1. The van der Waals surface area contributed by atoms with Crippen molar-refractivity contribution in [2.75, 3.05) is 0 Å². The zero-order chi connectivity index (χ0) is 20.7. The van der Waals surface area contributed by atoms with Gasteiger partial charge in [-0.15, -0.1) is 0 Å². The largest absolute Gasteiger partial charge is 0.456 e. The summed E-state index contributed by atoms with van der Waals surface area (Å²) < 4.78 is 24.7. The Bertz CT molecular complexity index is 675. The summed E-state index contributed by atoms with van der Waals surface area (Å²) in [5.74, 6) is 0.00881. The minimum atomic E-state index is -2.01. The smallest absolute Gasteiger partial charge is 0.303 e. The van der Waals surface area contributed by atoms with Crippen molar-refractivity contribution >= 4 is 14.3 Å². The molecule has 6 heteroatoms. The average molecular weight is 407 g/mol. The van der Waals surface area contributed by atoms with Gasteiger partial charge in [-0.3, -0.25) is 4.79 Å². The van der Waals surface area contributed by atoms with Crippen LogP contribution in [0.3, 0.4) is 0 Å². The first-order chi connectivity index (χ1) is 13.0. The number of ether oxygens (including phenoxy) is 3. The van der Waals surface area contributed by atoms with E-state index in [4.69, 9.17) is 18.6 Å². The third-order valence-corrected chi connectivity index (χ3v) is 10.9. The Hall–Kier alpha value is -1.21. The molecule has 5 nitrogen and oxygen atoms in total. The van der Waals surface area contributed by atoms with E-state index in [1.165, 1.54) is 6.92 Å². The van der Waals surface area contributed by atoms with E-state index in [1.54, 1.807) is 0 Å². The summed E-state index contributed by atoms with van der Waals surface area (Å²) in [6, 6.07) is 0. The van der Waals surface area contributed by atoms with Crippen molar-refractivity contribution in [3.8, 4) is 0 Å². The van der Waals surface area contributed by atoms with Crippen LogP contribution in [-0.2, 0) is 23.4 Å². The monoisotopic (exact) mass is 406 g/mol. The van der Waals surface area contributed by atoms with Crippen LogP contribution >= 0.6 is 0 Å². The molecule has 0 saturated carbocycles. The van der Waals surface area contributed by atoms with Gasteiger partial charge in [-0.1, -0.05) is 52.0 Å². The summed E-state index contributed by atoms with van der Waals surface area (Å²) in [7, 11) is -2.01. The molecule has 0 aromatic rings. The lowest BCUT2D eigenvalue weighted by molar-refractivity contribution is -0.181. The summed E-state index contributed by atoms with van der Waals surface area (Å²) in [5, 5.41) is 0.0815. The Morgan fingerprint density at radius 1 is 1.00 bits per heavy atom. The summed E-state index contributed by atoms with van der Waals surface area (Å²) in [4.78, 5) is 11.7. The number of carbonyl (C=O) groups is 1. The highest BCUT2D eigenvalue weighted by atomic mass is 28.4. The van der Waals surface area contributed by atoms with Gasteiger partial charge >= 0.3 is 5.97 Å². The fourth-order valence-electron chi connectivity index (χ4n) is 3.87. The van der Waals surface area contributed by atoms with E-state index in [2.05, 4.69) is 52.9 Å². The highest BCUT2D eigenvalue weighted by molar-refractivity contribution is 6.74. The zero-order valence-corrected chi connectivity index (χ0v) is 19.0. The predicted molar refractivity (Wildman–Crippen MR) is 111 cm³/mol. The van der Waals surface area contributed by atoms with E-state index in [-0.39, 0.29) is 41.2 Å². The van der Waals surface area contributed by atoms with Crippen LogP contribution in [0.5, 0.6) is 0 Å². The van der Waals surface area contributed by atoms with E-state index in [0.29, 0.717) is 0 Å². The molecule has 3 heterocycles. The molecule has 3 aliphatic rings. The predicted octanol–water partition coefficient (Wildman–Crippen LogP) is 4.37. The maximum Gasteiger partial charge on any atom is 0.303 e. The van der Waals surface area contributed by atoms with Crippen LogP contribution < -0.4 is 0 Å². The first-order valence-corrected chi connectivity index (χ1v) is 13.1. The Morgan fingerprint density at radius 2 is 1.64 bits per heavy atom. The number of fused-ring (bicyclic) bond motifs is 2. The molecule has 3 aliphatic heterocycles. The van der Waals surface area contributed by atoms with Crippen LogP contribution in [0.25, 0.3) is 0 Å². The molecular formula is C22H34O5Si. The number of hydrogen-bond donors (Lipinski definition) is 0. The second kappa shape index (κ2) is 7.90. The summed E-state index contributed by atoms with van der Waals surface area (Å²) in [5.41, 5.74) is 0. The second-order valence-corrected chi connectivity index (χ2v) is 14.3. The Kier molecular flexibility index (Phi) is 6.06. The second-order valence-electron chi connectivity index (χ2n) is 9.58. The minimum absolute atomic E-state index is 0.0391. The lowest BCUT2D eigenvalue weighted by Gasteiger charge is -2.43. The molecule has 0 unspecified atom stereocenters. The first-order valence-electron chi connectivity index (χ1n) is 10.2. The summed E-state index contributed by atoms with van der Waals surface area (Å²) in [6.45, 7) is 14.7. The standard InChI is InChI=1S/C22H34O5Si/c1-14-16-10-8-9-11-17(25-16)20(14)21-18(24-15(2)23)12-13-19(26-21)27-28(6,7)22(3,4)5/h8-14,16-21H,1-7H3/t14-,16-,17+,18+,19-,20-,21-/m1/s1. The van der Waals surface area contributed by atoms with Crippen LogP contribution in [0.4, 0.5) is 0 Å². The molecule has 156 valence electrons. The SMILES string of the molecule is CC(=O)O[C@H]1C=C[C@@H](O[Si](C)(C)C(C)(C)C)O[C@H]1[C@@H]1[C@H](C)[C@H]2C=CC=C[C@@H]1O2. The molecule has 0 radical (unpaired) electrons. The molecule has 1 saturated heterocycles. The number of allylic oxidation sites excluding steroid dienone is 2. The van der Waals surface area contributed by atoms with Gasteiger partial charge in [0.25, 0.3) is 0 Å². The fourth-order valence-corrected chi connectivity index (χ4v) is 4.94. The quantitative estimate of drug-likeness (QED) is 0.394. The Morgan fingerprint density at radius 3 is 2.25 bits per heavy atom. The Labute approximate surface area is 169 Å². The first kappa shape index (κ1) is 21.5. The molecule has 0 N–H and O–H groups in total. The average Bonchev–Trinajstić information content (AvgIpc) is 2.73. The molecule has 28 heavy (non-hydrogen) atoms. The van der Waals surface area contributed by atoms with E-state index >= 15 is 0 Å². The van der Waals surface area contributed by atoms with Crippen molar-refractivity contribution in [1.82, 2.24) is 0 Å². The lowest BCUT2D eigenvalue weighted by atomic mass is 9.80. The molecule has 7 atom stereocenters. The van der Waals surface area contributed by atoms with Crippen molar-refractivity contribution in [2.45, 2.75) is 83.5 Å². The van der Waals surface area contributed by atoms with Gasteiger partial charge in [-0.25, -0.2) is 0 Å². The topological polar surface area (TPSA) is 54.0 Å². The molecule has 2 bridgehead atoms. The third kappa shape index (κ3) is 4.35. The van der Waals surface area contributed by atoms with Crippen molar-refractivity contribution in [2.24, 2.45) is 11.8 Å². The van der Waals surface area contributed by atoms with Crippen molar-refractivity contribution in [3.05, 3.63) is 36.5 Å². The maximum atomic E-state index is 11.7. The van der Waals surface area contributed by atoms with Crippen molar-refractivity contribution in [3.63, 3.8) is 0 Å². The van der Waals surface area contributed by atoms with Gasteiger partial charge in [0, 0.05) is 12.8 Å². The number of rotatable bonds is 4. The third-order valence-electron chi connectivity index (χ3n) is 6.50. The van der Waals surface area contributed by atoms with Crippen LogP contribution in [0.15, 0.2) is 36.5 Å². The van der Waals surface area contributed by atoms with Gasteiger partial charge in [0.15, 0.2) is 14.6 Å². The van der Waals surface area contributed by atoms with E-state index in [0.717, 1.165) is 0 Å². The zero-order valence-electron chi connectivity index (χ0n) is 18.0. The van der Waals surface area contributed by atoms with Crippen LogP contribution in [-0.4, -0.2) is 45.0 Å². The molecule has 0 aromatic heterocycles. The van der Waals surface area contributed by atoms with Gasteiger partial charge in [0.2, 0.25) is 0 Å². The van der Waals surface area contributed by atoms with Crippen LogP contribution in [0.2, 0.25) is 18.1 Å². The molecule has 0 aromatic carbocycles. The highest BCUT2D eigenvalue weighted by Crippen LogP contribution is 2.43. The molecule has 3 rings (SSSR count). The van der Waals surface area contributed by atoms with E-state index in [9.17, 15) is 4.79 Å². The summed E-state index contributed by atoms with van der Waals surface area (Å²) in [6.07, 6.45) is 10.8. The molecule has 0 amide bonds. The van der Waals surface area contributed by atoms with Gasteiger partial charge in [0.1, 0.15) is 12.2 Å². The molecular weight excluding hydrogens is 372 g/mol. The van der Waals surface area contributed by atoms with Crippen molar-refractivity contribution < 1.29 is 23.4 Å². The fraction of sp³-hybridized carbons (Fsp3) is 0.682. The molecule has 0 aliphatic carbocycles. The molecule has 0 spiro atoms. The normalized spacial score (nSPS) is 37.8. The van der Waals surface area contributed by atoms with Gasteiger partial charge in [0.05, 0.1) is 12.2 Å². The minimum Gasteiger partial charge on any atom is -0.456 e. The van der Waals surface area contributed by atoms with Gasteiger partial charge < -0.3 is 18.6 Å². The number of esters is 1. The van der Waals surface area contributed by atoms with Crippen molar-refractivity contribution in [1.29, 1.82) is 0 Å². The lowest BCUT2D eigenvalue weighted by Crippen LogP contribution is -2.51. The Balaban J connectivity index is 1.84. The maximum absolute atomic E-state index is 11.7. The highest BCUT2D eigenvalue weighted by Gasteiger charge is 2.50. The van der Waals surface area contributed by atoms with E-state index in [1.807, 2.05) is 24.3 Å². The van der Waals surface area contributed by atoms with E-state index < -0.39 is 20.7 Å². The van der Waals surface area contributed by atoms with Gasteiger partial charge in [-0.2, -0.15) is 0 Å². The van der Waals surface area contributed by atoms with Crippen LogP contribution in [0, 0.1) is 11.8 Å². The van der Waals surface area contributed by atoms with Crippen LogP contribution in [0.1, 0.15) is 34.6 Å². The summed E-state index contributed by atoms with van der Waals surface area (Å²) >= 11 is 0. The molecule has 1 fully saturated rings. The van der Waals surface area contributed by atoms with Gasteiger partial charge in [-0.05, 0) is 36.2 Å².